The fourth-order valence-electron chi connectivity index (χ4n) is 4.05. The lowest BCUT2D eigenvalue weighted by Gasteiger charge is -2.33. The number of benzene rings is 1. The molecule has 4 heterocycles. The normalized spacial score (nSPS) is 17.5. The van der Waals surface area contributed by atoms with Gasteiger partial charge in [0.15, 0.2) is 5.82 Å². The lowest BCUT2D eigenvalue weighted by atomic mass is 10.2. The number of anilines is 2. The smallest absolute Gasteiger partial charge is 0.365 e. The maximum Gasteiger partial charge on any atom is 0.365 e. The number of morpholine rings is 1. The van der Waals surface area contributed by atoms with E-state index in [1.54, 1.807) is 6.07 Å². The van der Waals surface area contributed by atoms with E-state index < -0.39 is 10.0 Å². The summed E-state index contributed by atoms with van der Waals surface area (Å²) in [4.78, 5) is 15.1. The first-order valence-electron chi connectivity index (χ1n) is 10.0. The van der Waals surface area contributed by atoms with Crippen LogP contribution >= 0.6 is 0 Å². The molecular formula is C20H24N7O3S+. The van der Waals surface area contributed by atoms with Crippen LogP contribution in [0.25, 0.3) is 28.0 Å². The van der Waals surface area contributed by atoms with E-state index in [1.807, 2.05) is 35.9 Å². The number of aromatic nitrogens is 5. The molecule has 1 saturated heterocycles. The number of ether oxygens (including phenoxy) is 1. The van der Waals surface area contributed by atoms with Crippen molar-refractivity contribution < 1.29 is 17.7 Å². The van der Waals surface area contributed by atoms with Gasteiger partial charge in [-0.15, -0.1) is 9.97 Å². The molecule has 4 aromatic rings. The zero-order chi connectivity index (χ0) is 21.8. The van der Waals surface area contributed by atoms with Crippen LogP contribution in [0.15, 0.2) is 36.5 Å². The van der Waals surface area contributed by atoms with Crippen LogP contribution in [-0.4, -0.2) is 66.4 Å². The first kappa shape index (κ1) is 19.8. The molecule has 0 aliphatic carbocycles. The minimum Gasteiger partial charge on any atom is -0.377 e. The van der Waals surface area contributed by atoms with Crippen molar-refractivity contribution in [1.82, 2.24) is 18.9 Å². The van der Waals surface area contributed by atoms with Crippen LogP contribution in [0.2, 0.25) is 0 Å². The lowest BCUT2D eigenvalue weighted by molar-refractivity contribution is -0.559. The number of nitrogens with one attached hydrogen (secondary N) is 2. The van der Waals surface area contributed by atoms with Gasteiger partial charge in [-0.1, -0.05) is 12.1 Å². The minimum absolute atomic E-state index is 0.0954. The van der Waals surface area contributed by atoms with Crippen molar-refractivity contribution in [2.24, 2.45) is 0 Å². The zero-order valence-electron chi connectivity index (χ0n) is 17.5. The van der Waals surface area contributed by atoms with Crippen LogP contribution in [0, 0.1) is 0 Å². The number of imidazole rings is 1. The first-order valence-corrected chi connectivity index (χ1v) is 11.9. The summed E-state index contributed by atoms with van der Waals surface area (Å²) in [7, 11) is -1.73. The quantitative estimate of drug-likeness (QED) is 0.458. The van der Waals surface area contributed by atoms with Gasteiger partial charge in [0.05, 0.1) is 30.9 Å². The maximum atomic E-state index is 12.4. The molecule has 0 bridgehead atoms. The van der Waals surface area contributed by atoms with E-state index in [4.69, 9.17) is 14.7 Å². The Morgan fingerprint density at radius 2 is 2.06 bits per heavy atom. The predicted molar refractivity (Wildman–Crippen MR) is 118 cm³/mol. The summed E-state index contributed by atoms with van der Waals surface area (Å²) >= 11 is 0. The zero-order valence-corrected chi connectivity index (χ0v) is 18.3. The van der Waals surface area contributed by atoms with Crippen LogP contribution < -0.4 is 14.8 Å². The lowest BCUT2D eigenvalue weighted by Crippen LogP contribution is -2.45. The highest BCUT2D eigenvalue weighted by Gasteiger charge is 2.30. The molecule has 1 aromatic carbocycles. The average molecular weight is 443 g/mol. The van der Waals surface area contributed by atoms with Gasteiger partial charge in [-0.25, -0.2) is 12.4 Å². The number of hydrogen-bond acceptors (Lipinski definition) is 7. The Morgan fingerprint density at radius 3 is 2.81 bits per heavy atom. The number of aromatic amines is 1. The molecule has 0 amide bonds. The second-order valence-corrected chi connectivity index (χ2v) is 9.51. The van der Waals surface area contributed by atoms with Gasteiger partial charge in [-0.3, -0.25) is 4.98 Å². The molecule has 162 valence electrons. The number of nitrogens with zero attached hydrogens (tertiary/aromatic N) is 5. The standard InChI is InChI=1S/C20H23N7O3S/c1-13-12-30-11-10-25(13)17-14-8-9-26(31(3,28)29)18(14)24-20(23-17)27-16-7-5-4-6-15(16)22-19(27)21-2/h4-9,13H,10-12H2,1-3H3,(H,21,22)/p+1/t13-/m1/s1. The van der Waals surface area contributed by atoms with Crippen LogP contribution in [0.5, 0.6) is 0 Å². The van der Waals surface area contributed by atoms with Crippen LogP contribution in [0.3, 0.4) is 0 Å². The maximum absolute atomic E-state index is 12.4. The van der Waals surface area contributed by atoms with E-state index in [0.29, 0.717) is 48.5 Å². The van der Waals surface area contributed by atoms with Gasteiger partial charge in [0, 0.05) is 19.8 Å². The van der Waals surface area contributed by atoms with Crippen LogP contribution in [0.1, 0.15) is 6.92 Å². The summed E-state index contributed by atoms with van der Waals surface area (Å²) in [5, 5.41) is 3.84. The molecule has 2 N–H and O–H groups in total. The summed E-state index contributed by atoms with van der Waals surface area (Å²) in [6, 6.07) is 9.67. The fraction of sp³-hybridized carbons (Fsp3) is 0.350. The van der Waals surface area contributed by atoms with Gasteiger partial charge < -0.3 is 15.0 Å². The summed E-state index contributed by atoms with van der Waals surface area (Å²) in [5.41, 5.74) is 2.14. The molecule has 31 heavy (non-hydrogen) atoms. The van der Waals surface area contributed by atoms with Gasteiger partial charge in [0.25, 0.3) is 5.95 Å². The fourth-order valence-corrected chi connectivity index (χ4v) is 4.79. The van der Waals surface area contributed by atoms with Gasteiger partial charge >= 0.3 is 5.95 Å². The van der Waals surface area contributed by atoms with E-state index in [0.717, 1.165) is 11.0 Å². The molecule has 0 spiro atoms. The molecule has 5 rings (SSSR count). The van der Waals surface area contributed by atoms with Gasteiger partial charge in [-0.2, -0.15) is 4.57 Å². The van der Waals surface area contributed by atoms with E-state index in [-0.39, 0.29) is 6.04 Å². The minimum atomic E-state index is -3.54. The van der Waals surface area contributed by atoms with Crippen LogP contribution in [-0.2, 0) is 14.8 Å². The molecule has 1 fully saturated rings. The van der Waals surface area contributed by atoms with Gasteiger partial charge in [-0.05, 0) is 25.1 Å². The largest absolute Gasteiger partial charge is 0.377 e. The molecule has 3 aromatic heterocycles. The SMILES string of the molecule is CNc1[nH]c2ccccc2[n+]1-c1nc(N2CCOC[C@H]2C)c2ccn(S(C)(=O)=O)c2n1. The van der Waals surface area contributed by atoms with Crippen LogP contribution in [0.4, 0.5) is 11.8 Å². The Balaban J connectivity index is 1.84. The van der Waals surface area contributed by atoms with Crippen molar-refractivity contribution in [3.05, 3.63) is 36.5 Å². The van der Waals surface area contributed by atoms with Gasteiger partial charge in [0.2, 0.25) is 15.7 Å². The number of para-hydroxylation sites is 2. The molecule has 1 atom stereocenters. The third-order valence-electron chi connectivity index (χ3n) is 5.53. The molecule has 10 nitrogen and oxygen atoms in total. The van der Waals surface area contributed by atoms with Crippen molar-refractivity contribution in [2.75, 3.05) is 43.3 Å². The van der Waals surface area contributed by atoms with Crippen molar-refractivity contribution in [3.63, 3.8) is 0 Å². The van der Waals surface area contributed by atoms with Gasteiger partial charge in [0.1, 0.15) is 11.0 Å². The molecule has 1 aliphatic rings. The van der Waals surface area contributed by atoms with E-state index in [9.17, 15) is 8.42 Å². The van der Waals surface area contributed by atoms with Crippen molar-refractivity contribution in [2.45, 2.75) is 13.0 Å². The average Bonchev–Trinajstić information content (AvgIpc) is 3.34. The Hall–Kier alpha value is -3.18. The summed E-state index contributed by atoms with van der Waals surface area (Å²) in [5.74, 6) is 1.77. The molecule has 1 aliphatic heterocycles. The second-order valence-electron chi connectivity index (χ2n) is 7.65. The third kappa shape index (κ3) is 3.20. The molecule has 0 radical (unpaired) electrons. The van der Waals surface area contributed by atoms with Crippen molar-refractivity contribution in [3.8, 4) is 5.95 Å². The highest BCUT2D eigenvalue weighted by molar-refractivity contribution is 7.89. The Morgan fingerprint density at radius 1 is 1.26 bits per heavy atom. The molecular weight excluding hydrogens is 418 g/mol. The summed E-state index contributed by atoms with van der Waals surface area (Å²) < 4.78 is 33.5. The highest BCUT2D eigenvalue weighted by Crippen LogP contribution is 2.29. The van der Waals surface area contributed by atoms with Crippen molar-refractivity contribution in [1.29, 1.82) is 0 Å². The number of H-pyrrole nitrogens is 1. The van der Waals surface area contributed by atoms with Crippen molar-refractivity contribution >= 4 is 43.9 Å². The third-order valence-corrected chi connectivity index (χ3v) is 6.54. The Kier molecular flexibility index (Phi) is 4.59. The highest BCUT2D eigenvalue weighted by atomic mass is 32.2. The summed E-state index contributed by atoms with van der Waals surface area (Å²) in [6.45, 7) is 3.89. The predicted octanol–water partition coefficient (Wildman–Crippen LogP) is 1.26. The molecule has 0 saturated carbocycles. The Labute approximate surface area is 179 Å². The second kappa shape index (κ2) is 7.20. The van der Waals surface area contributed by atoms with E-state index in [1.165, 1.54) is 16.4 Å². The first-order chi connectivity index (χ1) is 14.9. The monoisotopic (exact) mass is 442 g/mol. The van der Waals surface area contributed by atoms with E-state index in [2.05, 4.69) is 22.1 Å². The topological polar surface area (TPSA) is 109 Å². The van der Waals surface area contributed by atoms with E-state index >= 15 is 0 Å². The molecule has 11 heteroatoms. The Bertz CT molecular complexity index is 1390. The number of fused-ring (bicyclic) bond motifs is 2. The molecule has 0 unspecified atom stereocenters. The summed E-state index contributed by atoms with van der Waals surface area (Å²) in [6.07, 6.45) is 2.70. The number of hydrogen-bond donors (Lipinski definition) is 2. The number of rotatable bonds is 4.